The lowest BCUT2D eigenvalue weighted by molar-refractivity contribution is -0.145. The molecule has 1 aromatic carbocycles. The number of carbonyl (C=O) groups excluding carboxylic acids is 1. The summed E-state index contributed by atoms with van der Waals surface area (Å²) in [6, 6.07) is 9.55. The van der Waals surface area contributed by atoms with Crippen LogP contribution in [0.25, 0.3) is 0 Å². The Labute approximate surface area is 141 Å². The molecule has 3 heterocycles. The van der Waals surface area contributed by atoms with E-state index in [0.29, 0.717) is 11.5 Å². The number of ether oxygens (including phenoxy) is 2. The predicted octanol–water partition coefficient (Wildman–Crippen LogP) is 2.10. The molecule has 0 spiro atoms. The van der Waals surface area contributed by atoms with E-state index < -0.39 is 6.10 Å². The number of aromatic nitrogens is 2. The number of fused-ring (bicyclic) bond motifs is 1. The van der Waals surface area contributed by atoms with Crippen LogP contribution in [-0.2, 0) is 11.3 Å². The van der Waals surface area contributed by atoms with Gasteiger partial charge in [0, 0.05) is 18.9 Å². The molecule has 2 aliphatic rings. The van der Waals surface area contributed by atoms with Crippen molar-refractivity contribution in [2.45, 2.75) is 38.0 Å². The van der Waals surface area contributed by atoms with E-state index in [9.17, 15) is 4.79 Å². The van der Waals surface area contributed by atoms with Gasteiger partial charge in [-0.25, -0.2) is 0 Å². The summed E-state index contributed by atoms with van der Waals surface area (Å²) in [7, 11) is 0. The maximum Gasteiger partial charge on any atom is 0.267 e. The minimum absolute atomic E-state index is 0.0151. The number of hydrogen-bond donors (Lipinski definition) is 0. The van der Waals surface area contributed by atoms with Crippen molar-refractivity contribution in [2.24, 2.45) is 0 Å². The van der Waals surface area contributed by atoms with Crippen LogP contribution >= 0.6 is 0 Å². The summed E-state index contributed by atoms with van der Waals surface area (Å²) in [4.78, 5) is 14.9. The Balaban J connectivity index is 1.48. The third-order valence-corrected chi connectivity index (χ3v) is 4.65. The summed E-state index contributed by atoms with van der Waals surface area (Å²) in [5, 5.41) is 4.27. The molecule has 1 saturated heterocycles. The molecule has 6 nitrogen and oxygen atoms in total. The lowest BCUT2D eigenvalue weighted by atomic mass is 10.0. The van der Waals surface area contributed by atoms with E-state index in [-0.39, 0.29) is 18.6 Å². The zero-order chi connectivity index (χ0) is 16.4. The van der Waals surface area contributed by atoms with Crippen LogP contribution in [-0.4, -0.2) is 45.9 Å². The maximum absolute atomic E-state index is 13.0. The lowest BCUT2D eigenvalue weighted by Crippen LogP contribution is -2.53. The van der Waals surface area contributed by atoms with Crippen LogP contribution in [0.1, 0.15) is 19.3 Å². The van der Waals surface area contributed by atoms with Crippen LogP contribution in [0.4, 0.5) is 0 Å². The summed E-state index contributed by atoms with van der Waals surface area (Å²) < 4.78 is 13.5. The Morgan fingerprint density at radius 3 is 2.92 bits per heavy atom. The highest BCUT2D eigenvalue weighted by molar-refractivity contribution is 5.82. The van der Waals surface area contributed by atoms with Crippen molar-refractivity contribution in [2.75, 3.05) is 13.2 Å². The van der Waals surface area contributed by atoms with Crippen LogP contribution in [0.5, 0.6) is 11.5 Å². The first-order valence-electron chi connectivity index (χ1n) is 8.47. The average Bonchev–Trinajstić information content (AvgIpc) is 3.14. The first-order valence-corrected chi connectivity index (χ1v) is 8.47. The van der Waals surface area contributed by atoms with Gasteiger partial charge in [-0.15, -0.1) is 0 Å². The summed E-state index contributed by atoms with van der Waals surface area (Å²) >= 11 is 0. The van der Waals surface area contributed by atoms with E-state index in [4.69, 9.17) is 9.47 Å². The number of piperidine rings is 1. The van der Waals surface area contributed by atoms with Gasteiger partial charge in [-0.1, -0.05) is 12.1 Å². The largest absolute Gasteiger partial charge is 0.485 e. The first-order chi connectivity index (χ1) is 11.8. The van der Waals surface area contributed by atoms with E-state index in [1.54, 1.807) is 6.20 Å². The molecular formula is C18H21N3O3. The van der Waals surface area contributed by atoms with E-state index in [1.807, 2.05) is 46.1 Å². The van der Waals surface area contributed by atoms with Crippen molar-refractivity contribution < 1.29 is 14.3 Å². The topological polar surface area (TPSA) is 56.6 Å². The molecule has 0 radical (unpaired) electrons. The van der Waals surface area contributed by atoms with Gasteiger partial charge in [0.2, 0.25) is 6.10 Å². The predicted molar refractivity (Wildman–Crippen MR) is 87.9 cm³/mol. The Morgan fingerprint density at radius 2 is 2.08 bits per heavy atom. The lowest BCUT2D eigenvalue weighted by Gasteiger charge is -2.38. The summed E-state index contributed by atoms with van der Waals surface area (Å²) in [6.07, 6.45) is 6.30. The van der Waals surface area contributed by atoms with E-state index >= 15 is 0 Å². The van der Waals surface area contributed by atoms with Crippen LogP contribution < -0.4 is 9.47 Å². The maximum atomic E-state index is 13.0. The van der Waals surface area contributed by atoms with Gasteiger partial charge >= 0.3 is 0 Å². The molecule has 1 fully saturated rings. The van der Waals surface area contributed by atoms with Crippen molar-refractivity contribution in [3.63, 3.8) is 0 Å². The van der Waals surface area contributed by atoms with Gasteiger partial charge in [0.15, 0.2) is 11.5 Å². The number of benzene rings is 1. The van der Waals surface area contributed by atoms with Gasteiger partial charge < -0.3 is 14.4 Å². The first kappa shape index (κ1) is 15.1. The summed E-state index contributed by atoms with van der Waals surface area (Å²) in [6.45, 7) is 1.76. The van der Waals surface area contributed by atoms with Gasteiger partial charge in [0.25, 0.3) is 5.91 Å². The highest BCUT2D eigenvalue weighted by Crippen LogP contribution is 2.32. The Bertz CT molecular complexity index is 701. The smallest absolute Gasteiger partial charge is 0.267 e. The third kappa shape index (κ3) is 2.96. The molecule has 0 N–H and O–H groups in total. The Morgan fingerprint density at radius 1 is 1.21 bits per heavy atom. The fraction of sp³-hybridized carbons (Fsp3) is 0.444. The number of rotatable bonds is 3. The molecule has 1 amide bonds. The number of nitrogens with zero attached hydrogens (tertiary/aromatic N) is 3. The number of hydrogen-bond acceptors (Lipinski definition) is 4. The second-order valence-electron chi connectivity index (χ2n) is 6.27. The fourth-order valence-corrected chi connectivity index (χ4v) is 3.43. The van der Waals surface area contributed by atoms with E-state index in [2.05, 4.69) is 5.10 Å². The van der Waals surface area contributed by atoms with Gasteiger partial charge in [-0.3, -0.25) is 9.48 Å². The SMILES string of the molecule is O=C([C@H]1COc2ccccc2O1)N1CCCC[C@H]1Cn1cccn1. The van der Waals surface area contributed by atoms with Crippen molar-refractivity contribution in [3.8, 4) is 11.5 Å². The molecule has 2 aliphatic heterocycles. The zero-order valence-corrected chi connectivity index (χ0v) is 13.5. The summed E-state index contributed by atoms with van der Waals surface area (Å²) in [5.74, 6) is 1.36. The Kier molecular flexibility index (Phi) is 4.11. The minimum Gasteiger partial charge on any atom is -0.485 e. The molecule has 4 rings (SSSR count). The van der Waals surface area contributed by atoms with Gasteiger partial charge in [-0.05, 0) is 37.5 Å². The second kappa shape index (κ2) is 6.55. The molecule has 0 bridgehead atoms. The molecule has 0 saturated carbocycles. The zero-order valence-electron chi connectivity index (χ0n) is 13.5. The molecule has 24 heavy (non-hydrogen) atoms. The number of carbonyl (C=O) groups is 1. The van der Waals surface area contributed by atoms with Crippen LogP contribution in [0.15, 0.2) is 42.7 Å². The minimum atomic E-state index is -0.571. The molecule has 6 heteroatoms. The molecule has 2 aromatic rings. The Hall–Kier alpha value is -2.50. The molecular weight excluding hydrogens is 306 g/mol. The highest BCUT2D eigenvalue weighted by Gasteiger charge is 2.35. The average molecular weight is 327 g/mol. The van der Waals surface area contributed by atoms with E-state index in [0.717, 1.165) is 32.4 Å². The summed E-state index contributed by atoms with van der Waals surface area (Å²) in [5.41, 5.74) is 0. The standard InChI is InChI=1S/C18H21N3O3/c22-18(17-13-23-15-7-1-2-8-16(15)24-17)21-11-4-3-6-14(21)12-20-10-5-9-19-20/h1-2,5,7-10,14,17H,3-4,6,11-13H2/t14-,17+/m0/s1. The van der Waals surface area contributed by atoms with Crippen LogP contribution in [0.2, 0.25) is 0 Å². The number of likely N-dealkylation sites (tertiary alicyclic amines) is 1. The molecule has 126 valence electrons. The molecule has 1 aromatic heterocycles. The van der Waals surface area contributed by atoms with Crippen molar-refractivity contribution in [1.82, 2.24) is 14.7 Å². The monoisotopic (exact) mass is 327 g/mol. The third-order valence-electron chi connectivity index (χ3n) is 4.65. The molecule has 0 aliphatic carbocycles. The van der Waals surface area contributed by atoms with Crippen molar-refractivity contribution in [1.29, 1.82) is 0 Å². The second-order valence-corrected chi connectivity index (χ2v) is 6.27. The van der Waals surface area contributed by atoms with Gasteiger partial charge in [-0.2, -0.15) is 5.10 Å². The van der Waals surface area contributed by atoms with E-state index in [1.165, 1.54) is 0 Å². The quantitative estimate of drug-likeness (QED) is 0.866. The fourth-order valence-electron chi connectivity index (χ4n) is 3.43. The van der Waals surface area contributed by atoms with Crippen molar-refractivity contribution >= 4 is 5.91 Å². The van der Waals surface area contributed by atoms with Crippen molar-refractivity contribution in [3.05, 3.63) is 42.7 Å². The molecule has 0 unspecified atom stereocenters. The van der Waals surface area contributed by atoms with Gasteiger partial charge in [0.1, 0.15) is 6.61 Å². The van der Waals surface area contributed by atoms with Crippen LogP contribution in [0, 0.1) is 0 Å². The van der Waals surface area contributed by atoms with Crippen LogP contribution in [0.3, 0.4) is 0 Å². The molecule has 2 atom stereocenters. The number of para-hydroxylation sites is 2. The normalized spacial score (nSPS) is 23.1. The highest BCUT2D eigenvalue weighted by atomic mass is 16.6. The van der Waals surface area contributed by atoms with Gasteiger partial charge in [0.05, 0.1) is 12.6 Å². The number of amides is 1.